The summed E-state index contributed by atoms with van der Waals surface area (Å²) in [7, 11) is 1.29. The summed E-state index contributed by atoms with van der Waals surface area (Å²) in [5.41, 5.74) is 1.06. The molecule has 0 fully saturated rings. The van der Waals surface area contributed by atoms with Crippen LogP contribution in [-0.2, 0) is 14.4 Å². The van der Waals surface area contributed by atoms with Crippen LogP contribution in [0.3, 0.4) is 0 Å². The van der Waals surface area contributed by atoms with Gasteiger partial charge in [-0.3, -0.25) is 4.79 Å². The first-order chi connectivity index (χ1) is 9.04. The second-order valence-corrected chi connectivity index (χ2v) is 4.17. The molecular formula is C13H13NO5. The quantitative estimate of drug-likeness (QED) is 0.831. The van der Waals surface area contributed by atoms with Crippen molar-refractivity contribution in [2.75, 3.05) is 7.11 Å². The highest BCUT2D eigenvalue weighted by Crippen LogP contribution is 2.24. The van der Waals surface area contributed by atoms with Crippen LogP contribution in [0.25, 0.3) is 0 Å². The zero-order valence-electron chi connectivity index (χ0n) is 10.5. The molecule has 0 aliphatic carbocycles. The van der Waals surface area contributed by atoms with Gasteiger partial charge in [0.05, 0.1) is 12.7 Å². The van der Waals surface area contributed by atoms with Gasteiger partial charge in [0, 0.05) is 5.56 Å². The van der Waals surface area contributed by atoms with Crippen LogP contribution >= 0.6 is 0 Å². The Balaban J connectivity index is 2.38. The fraction of sp³-hybridized carbons (Fsp3) is 0.308. The third-order valence-electron chi connectivity index (χ3n) is 2.94. The minimum Gasteiger partial charge on any atom is -0.478 e. The number of nitrogens with zero attached hydrogens (tertiary/aromatic N) is 1. The Morgan fingerprint density at radius 3 is 2.79 bits per heavy atom. The van der Waals surface area contributed by atoms with Crippen LogP contribution in [0.4, 0.5) is 0 Å². The van der Waals surface area contributed by atoms with E-state index in [1.165, 1.54) is 19.2 Å². The summed E-state index contributed by atoms with van der Waals surface area (Å²) < 4.78 is 4.72. The standard InChI is InChI=1S/C13H13NO5/c1-7-10(13(17)18-2)11(14-19-7)8-4-3-5-9(6-8)12(15)16/h3-7,10H,1-2H3,(H,15,16). The maximum atomic E-state index is 11.7. The predicted molar refractivity (Wildman–Crippen MR) is 66.0 cm³/mol. The van der Waals surface area contributed by atoms with Gasteiger partial charge in [0.15, 0.2) is 0 Å². The van der Waals surface area contributed by atoms with Crippen molar-refractivity contribution in [2.45, 2.75) is 13.0 Å². The predicted octanol–water partition coefficient (Wildman–Crippen LogP) is 1.30. The second-order valence-electron chi connectivity index (χ2n) is 4.17. The summed E-state index contributed by atoms with van der Waals surface area (Å²) in [6, 6.07) is 6.21. The van der Waals surface area contributed by atoms with E-state index in [0.29, 0.717) is 11.3 Å². The summed E-state index contributed by atoms with van der Waals surface area (Å²) in [4.78, 5) is 27.8. The van der Waals surface area contributed by atoms with E-state index in [-0.39, 0.29) is 5.56 Å². The molecule has 0 saturated heterocycles. The first kappa shape index (κ1) is 13.1. The number of carboxylic acids is 1. The number of ether oxygens (including phenoxy) is 1. The molecule has 0 radical (unpaired) electrons. The number of carboxylic acid groups (broad SMARTS) is 1. The second kappa shape index (κ2) is 5.09. The van der Waals surface area contributed by atoms with E-state index in [1.807, 2.05) is 0 Å². The molecular weight excluding hydrogens is 250 g/mol. The van der Waals surface area contributed by atoms with Crippen molar-refractivity contribution in [3.8, 4) is 0 Å². The number of aromatic carboxylic acids is 1. The van der Waals surface area contributed by atoms with Gasteiger partial charge in [0.25, 0.3) is 0 Å². The van der Waals surface area contributed by atoms with Gasteiger partial charge in [-0.1, -0.05) is 17.3 Å². The van der Waals surface area contributed by atoms with E-state index in [9.17, 15) is 9.59 Å². The highest BCUT2D eigenvalue weighted by molar-refractivity contribution is 6.13. The van der Waals surface area contributed by atoms with Gasteiger partial charge in [-0.2, -0.15) is 0 Å². The zero-order chi connectivity index (χ0) is 14.0. The average Bonchev–Trinajstić information content (AvgIpc) is 2.80. The zero-order valence-corrected chi connectivity index (χ0v) is 10.5. The normalized spacial score (nSPS) is 21.5. The van der Waals surface area contributed by atoms with E-state index in [4.69, 9.17) is 14.7 Å². The third kappa shape index (κ3) is 2.42. The van der Waals surface area contributed by atoms with Crippen molar-refractivity contribution < 1.29 is 24.3 Å². The van der Waals surface area contributed by atoms with Crippen LogP contribution in [0.15, 0.2) is 29.4 Å². The lowest BCUT2D eigenvalue weighted by Gasteiger charge is -2.12. The molecule has 0 saturated carbocycles. The molecule has 19 heavy (non-hydrogen) atoms. The highest BCUT2D eigenvalue weighted by atomic mass is 16.6. The number of esters is 1. The Bertz CT molecular complexity index is 552. The monoisotopic (exact) mass is 263 g/mol. The van der Waals surface area contributed by atoms with Gasteiger partial charge in [0.1, 0.15) is 17.7 Å². The Morgan fingerprint density at radius 1 is 1.42 bits per heavy atom. The van der Waals surface area contributed by atoms with Crippen LogP contribution in [0.2, 0.25) is 0 Å². The number of rotatable bonds is 3. The summed E-state index contributed by atoms with van der Waals surface area (Å²) in [6.45, 7) is 1.71. The van der Waals surface area contributed by atoms with Crippen molar-refractivity contribution in [3.63, 3.8) is 0 Å². The van der Waals surface area contributed by atoms with Crippen LogP contribution < -0.4 is 0 Å². The van der Waals surface area contributed by atoms with Gasteiger partial charge in [-0.05, 0) is 19.1 Å². The molecule has 1 aliphatic rings. The van der Waals surface area contributed by atoms with Crippen LogP contribution in [0.1, 0.15) is 22.8 Å². The van der Waals surface area contributed by atoms with E-state index in [1.54, 1.807) is 19.1 Å². The van der Waals surface area contributed by atoms with Crippen LogP contribution in [-0.4, -0.2) is 36.0 Å². The van der Waals surface area contributed by atoms with E-state index in [2.05, 4.69) is 5.16 Å². The molecule has 2 atom stereocenters. The smallest absolute Gasteiger partial charge is 0.335 e. The number of benzene rings is 1. The van der Waals surface area contributed by atoms with Crippen molar-refractivity contribution >= 4 is 17.7 Å². The topological polar surface area (TPSA) is 85.2 Å². The average molecular weight is 263 g/mol. The number of hydrogen-bond acceptors (Lipinski definition) is 5. The molecule has 2 unspecified atom stereocenters. The summed E-state index contributed by atoms with van der Waals surface area (Å²) in [5, 5.41) is 12.8. The Morgan fingerprint density at radius 2 is 2.16 bits per heavy atom. The van der Waals surface area contributed by atoms with Crippen molar-refractivity contribution in [1.82, 2.24) is 0 Å². The minimum atomic E-state index is -1.04. The molecule has 1 heterocycles. The molecule has 100 valence electrons. The van der Waals surface area contributed by atoms with E-state index >= 15 is 0 Å². The summed E-state index contributed by atoms with van der Waals surface area (Å²) in [6.07, 6.45) is -0.434. The molecule has 1 aromatic rings. The number of oxime groups is 1. The lowest BCUT2D eigenvalue weighted by atomic mass is 9.92. The van der Waals surface area contributed by atoms with Crippen molar-refractivity contribution in [3.05, 3.63) is 35.4 Å². The van der Waals surface area contributed by atoms with E-state index < -0.39 is 24.0 Å². The van der Waals surface area contributed by atoms with Crippen molar-refractivity contribution in [1.29, 1.82) is 0 Å². The SMILES string of the molecule is COC(=O)C1C(c2cccc(C(=O)O)c2)=NOC1C. The van der Waals surface area contributed by atoms with Crippen LogP contribution in [0, 0.1) is 5.92 Å². The molecule has 6 heteroatoms. The summed E-state index contributed by atoms with van der Waals surface area (Å²) >= 11 is 0. The van der Waals surface area contributed by atoms with Gasteiger partial charge in [-0.15, -0.1) is 0 Å². The third-order valence-corrected chi connectivity index (χ3v) is 2.94. The summed E-state index contributed by atoms with van der Waals surface area (Å²) in [5.74, 6) is -2.14. The number of carbonyl (C=O) groups excluding carboxylic acids is 1. The minimum absolute atomic E-state index is 0.128. The Kier molecular flexibility index (Phi) is 3.50. The van der Waals surface area contributed by atoms with Crippen molar-refractivity contribution in [2.24, 2.45) is 11.1 Å². The van der Waals surface area contributed by atoms with Gasteiger partial charge >= 0.3 is 11.9 Å². The fourth-order valence-corrected chi connectivity index (χ4v) is 1.95. The molecule has 1 N–H and O–H groups in total. The molecule has 0 bridgehead atoms. The molecule has 1 aliphatic heterocycles. The first-order valence-electron chi connectivity index (χ1n) is 5.70. The number of hydrogen-bond donors (Lipinski definition) is 1. The highest BCUT2D eigenvalue weighted by Gasteiger charge is 2.38. The lowest BCUT2D eigenvalue weighted by molar-refractivity contribution is -0.145. The fourth-order valence-electron chi connectivity index (χ4n) is 1.95. The van der Waals surface area contributed by atoms with Gasteiger partial charge in [0.2, 0.25) is 0 Å². The van der Waals surface area contributed by atoms with E-state index in [0.717, 1.165) is 0 Å². The Hall–Kier alpha value is -2.37. The maximum absolute atomic E-state index is 11.7. The first-order valence-corrected chi connectivity index (χ1v) is 5.70. The molecule has 1 aromatic carbocycles. The molecule has 2 rings (SSSR count). The lowest BCUT2D eigenvalue weighted by Crippen LogP contribution is -2.31. The van der Waals surface area contributed by atoms with Gasteiger partial charge in [-0.25, -0.2) is 4.79 Å². The number of carbonyl (C=O) groups is 2. The number of methoxy groups -OCH3 is 1. The van der Waals surface area contributed by atoms with Gasteiger partial charge < -0.3 is 14.7 Å². The largest absolute Gasteiger partial charge is 0.478 e. The molecule has 0 spiro atoms. The Labute approximate surface area is 109 Å². The molecule has 0 aromatic heterocycles. The molecule has 0 amide bonds. The maximum Gasteiger partial charge on any atom is 0.335 e. The molecule has 6 nitrogen and oxygen atoms in total. The van der Waals surface area contributed by atoms with Crippen LogP contribution in [0.5, 0.6) is 0 Å².